The molecule has 0 unspecified atom stereocenters. The van der Waals surface area contributed by atoms with Crippen molar-refractivity contribution in [3.05, 3.63) is 94.0 Å². The molecular formula is C25H27ClN2O2. The molecule has 1 aromatic heterocycles. The molecule has 0 N–H and O–H groups in total. The Morgan fingerprint density at radius 2 is 1.87 bits per heavy atom. The van der Waals surface area contributed by atoms with Gasteiger partial charge in [-0.25, -0.2) is 9.78 Å². The Balaban J connectivity index is 2.00. The highest BCUT2D eigenvalue weighted by Gasteiger charge is 2.15. The van der Waals surface area contributed by atoms with Gasteiger partial charge in [0.15, 0.2) is 0 Å². The number of imidazole rings is 1. The lowest BCUT2D eigenvalue weighted by Crippen LogP contribution is -2.11. The minimum absolute atomic E-state index is 0.334. The first-order valence-corrected chi connectivity index (χ1v) is 10.6. The first-order valence-electron chi connectivity index (χ1n) is 10.2. The molecule has 0 spiro atoms. The van der Waals surface area contributed by atoms with E-state index in [2.05, 4.69) is 16.5 Å². The predicted octanol–water partition coefficient (Wildman–Crippen LogP) is 5.73. The normalized spacial score (nSPS) is 11.5. The van der Waals surface area contributed by atoms with Crippen LogP contribution in [0.2, 0.25) is 5.02 Å². The third kappa shape index (κ3) is 5.61. The Morgan fingerprint density at radius 1 is 1.13 bits per heavy atom. The van der Waals surface area contributed by atoms with Crippen LogP contribution in [-0.4, -0.2) is 22.6 Å². The number of methoxy groups -OCH3 is 1. The van der Waals surface area contributed by atoms with Crippen LogP contribution in [-0.2, 0) is 28.9 Å². The molecule has 0 amide bonds. The zero-order valence-corrected chi connectivity index (χ0v) is 18.2. The Kier molecular flexibility index (Phi) is 7.86. The van der Waals surface area contributed by atoms with Gasteiger partial charge in [-0.1, -0.05) is 73.5 Å². The summed E-state index contributed by atoms with van der Waals surface area (Å²) >= 11 is 6.41. The molecule has 1 heterocycles. The van der Waals surface area contributed by atoms with E-state index in [0.29, 0.717) is 18.5 Å². The number of aromatic nitrogens is 2. The molecular weight excluding hydrogens is 396 g/mol. The van der Waals surface area contributed by atoms with Crippen LogP contribution in [0.5, 0.6) is 0 Å². The second kappa shape index (κ2) is 10.8. The van der Waals surface area contributed by atoms with E-state index in [0.717, 1.165) is 46.9 Å². The Bertz CT molecular complexity index is 1010. The number of unbranched alkanes of at least 4 members (excludes halogenated alkanes) is 1. The number of carbonyl (C=O) groups is 1. The van der Waals surface area contributed by atoms with E-state index in [4.69, 9.17) is 16.3 Å². The topological polar surface area (TPSA) is 44.1 Å². The number of aryl methyl sites for hydroxylation is 1. The highest BCUT2D eigenvalue weighted by atomic mass is 35.5. The van der Waals surface area contributed by atoms with E-state index >= 15 is 0 Å². The van der Waals surface area contributed by atoms with E-state index in [9.17, 15) is 4.79 Å². The van der Waals surface area contributed by atoms with Crippen LogP contribution in [0.1, 0.15) is 42.4 Å². The summed E-state index contributed by atoms with van der Waals surface area (Å²) in [6.45, 7) is 2.77. The fourth-order valence-electron chi connectivity index (χ4n) is 3.37. The van der Waals surface area contributed by atoms with Gasteiger partial charge in [-0.15, -0.1) is 0 Å². The highest BCUT2D eigenvalue weighted by Crippen LogP contribution is 2.21. The molecule has 2 aromatic carbocycles. The van der Waals surface area contributed by atoms with Crippen molar-refractivity contribution in [2.24, 2.45) is 0 Å². The molecule has 0 bridgehead atoms. The van der Waals surface area contributed by atoms with Gasteiger partial charge in [-0.2, -0.15) is 0 Å². The van der Waals surface area contributed by atoms with Crippen molar-refractivity contribution in [1.29, 1.82) is 0 Å². The third-order valence-corrected chi connectivity index (χ3v) is 5.39. The number of hydrogen-bond acceptors (Lipinski definition) is 3. The molecule has 0 saturated carbocycles. The number of esters is 1. The zero-order valence-electron chi connectivity index (χ0n) is 17.5. The summed E-state index contributed by atoms with van der Waals surface area (Å²) in [4.78, 5) is 17.1. The van der Waals surface area contributed by atoms with Crippen LogP contribution >= 0.6 is 11.6 Å². The lowest BCUT2D eigenvalue weighted by molar-refractivity contribution is -0.136. The molecule has 0 aliphatic rings. The maximum atomic E-state index is 12.5. The van der Waals surface area contributed by atoms with Gasteiger partial charge in [-0.05, 0) is 29.7 Å². The van der Waals surface area contributed by atoms with E-state index in [1.54, 1.807) is 0 Å². The summed E-state index contributed by atoms with van der Waals surface area (Å²) < 4.78 is 7.19. The van der Waals surface area contributed by atoms with E-state index in [-0.39, 0.29) is 5.97 Å². The van der Waals surface area contributed by atoms with Crippen LogP contribution < -0.4 is 0 Å². The van der Waals surface area contributed by atoms with Crippen LogP contribution in [0.3, 0.4) is 0 Å². The van der Waals surface area contributed by atoms with Gasteiger partial charge in [0.2, 0.25) is 0 Å². The van der Waals surface area contributed by atoms with Gasteiger partial charge in [0.1, 0.15) is 5.82 Å². The van der Waals surface area contributed by atoms with Crippen LogP contribution in [0.4, 0.5) is 0 Å². The molecule has 4 nitrogen and oxygen atoms in total. The molecule has 0 aliphatic heterocycles. The van der Waals surface area contributed by atoms with Crippen LogP contribution in [0.15, 0.2) is 66.4 Å². The maximum Gasteiger partial charge on any atom is 0.334 e. The van der Waals surface area contributed by atoms with Gasteiger partial charge < -0.3 is 9.30 Å². The van der Waals surface area contributed by atoms with Crippen molar-refractivity contribution in [2.45, 2.75) is 39.2 Å². The summed E-state index contributed by atoms with van der Waals surface area (Å²) in [6.07, 6.45) is 7.23. The fourth-order valence-corrected chi connectivity index (χ4v) is 3.56. The maximum absolute atomic E-state index is 12.5. The highest BCUT2D eigenvalue weighted by molar-refractivity contribution is 6.31. The SMILES string of the molecule is CCCCc1ncc(/C=C(\Cc2ccccc2)C(=O)OC)n1Cc1ccccc1Cl. The average molecular weight is 423 g/mol. The predicted molar refractivity (Wildman–Crippen MR) is 122 cm³/mol. The first-order chi connectivity index (χ1) is 14.6. The largest absolute Gasteiger partial charge is 0.466 e. The quantitative estimate of drug-likeness (QED) is 0.327. The van der Waals surface area contributed by atoms with E-state index < -0.39 is 0 Å². The number of ether oxygens (including phenoxy) is 1. The summed E-state index contributed by atoms with van der Waals surface area (Å²) in [6, 6.07) is 17.7. The standard InChI is InChI=1S/C25H27ClN2O2/c1-3-4-14-24-27-17-22(28(24)18-20-12-8-9-13-23(20)26)16-21(25(29)30-2)15-19-10-6-5-7-11-19/h5-13,16-17H,3-4,14-15,18H2,1-2H3/b21-16+. The van der Waals surface area contributed by atoms with Crippen molar-refractivity contribution < 1.29 is 9.53 Å². The van der Waals surface area contributed by atoms with Gasteiger partial charge >= 0.3 is 5.97 Å². The molecule has 0 saturated heterocycles. The lowest BCUT2D eigenvalue weighted by atomic mass is 10.0. The number of nitrogens with zero attached hydrogens (tertiary/aromatic N) is 2. The molecule has 5 heteroatoms. The summed E-state index contributed by atoms with van der Waals surface area (Å²) in [5, 5.41) is 0.722. The van der Waals surface area contributed by atoms with Gasteiger partial charge in [0, 0.05) is 23.4 Å². The van der Waals surface area contributed by atoms with Crippen LogP contribution in [0.25, 0.3) is 6.08 Å². The van der Waals surface area contributed by atoms with Crippen molar-refractivity contribution in [1.82, 2.24) is 9.55 Å². The van der Waals surface area contributed by atoms with E-state index in [1.807, 2.05) is 66.9 Å². The summed E-state index contributed by atoms with van der Waals surface area (Å²) in [7, 11) is 1.41. The Morgan fingerprint density at radius 3 is 2.57 bits per heavy atom. The lowest BCUT2D eigenvalue weighted by Gasteiger charge is -2.13. The Hall–Kier alpha value is -2.85. The second-order valence-electron chi connectivity index (χ2n) is 7.20. The minimum Gasteiger partial charge on any atom is -0.466 e. The van der Waals surface area contributed by atoms with Gasteiger partial charge in [-0.3, -0.25) is 0 Å². The average Bonchev–Trinajstić information content (AvgIpc) is 3.14. The number of hydrogen-bond donors (Lipinski definition) is 0. The van der Waals surface area contributed by atoms with Crippen molar-refractivity contribution in [3.8, 4) is 0 Å². The number of carbonyl (C=O) groups excluding carboxylic acids is 1. The smallest absolute Gasteiger partial charge is 0.334 e. The fraction of sp³-hybridized carbons (Fsp3) is 0.280. The number of halogens is 1. The molecule has 0 fully saturated rings. The molecule has 0 aliphatic carbocycles. The molecule has 156 valence electrons. The van der Waals surface area contributed by atoms with E-state index in [1.165, 1.54) is 7.11 Å². The zero-order chi connectivity index (χ0) is 21.3. The van der Waals surface area contributed by atoms with Crippen molar-refractivity contribution >= 4 is 23.6 Å². The monoisotopic (exact) mass is 422 g/mol. The molecule has 0 radical (unpaired) electrons. The molecule has 3 rings (SSSR count). The summed E-state index contributed by atoms with van der Waals surface area (Å²) in [5.74, 6) is 0.659. The Labute approximate surface area is 183 Å². The van der Waals surface area contributed by atoms with Crippen molar-refractivity contribution in [3.63, 3.8) is 0 Å². The third-order valence-electron chi connectivity index (χ3n) is 5.02. The molecule has 3 aromatic rings. The first kappa shape index (κ1) is 21.8. The van der Waals surface area contributed by atoms with Crippen molar-refractivity contribution in [2.75, 3.05) is 7.11 Å². The van der Waals surface area contributed by atoms with Crippen LogP contribution in [0, 0.1) is 0 Å². The molecule has 30 heavy (non-hydrogen) atoms. The van der Waals surface area contributed by atoms with Gasteiger partial charge in [0.25, 0.3) is 0 Å². The number of benzene rings is 2. The molecule has 0 atom stereocenters. The number of rotatable bonds is 9. The second-order valence-corrected chi connectivity index (χ2v) is 7.61. The minimum atomic E-state index is -0.334. The van der Waals surface area contributed by atoms with Gasteiger partial charge in [0.05, 0.1) is 25.5 Å². The summed E-state index contributed by atoms with van der Waals surface area (Å²) in [5.41, 5.74) is 3.54.